The van der Waals surface area contributed by atoms with E-state index in [1.165, 1.54) is 0 Å². The Morgan fingerprint density at radius 1 is 1.26 bits per heavy atom. The van der Waals surface area contributed by atoms with E-state index >= 15 is 0 Å². The van der Waals surface area contributed by atoms with Gasteiger partial charge in [-0.2, -0.15) is 10.3 Å². The summed E-state index contributed by atoms with van der Waals surface area (Å²) in [6.07, 6.45) is 0. The van der Waals surface area contributed by atoms with Crippen LogP contribution in [0.25, 0.3) is 11.2 Å². The van der Waals surface area contributed by atoms with Crippen LogP contribution in [0.3, 0.4) is 0 Å². The van der Waals surface area contributed by atoms with Crippen LogP contribution < -0.4 is 4.90 Å². The molecule has 0 aliphatic carbocycles. The molecule has 3 rings (SSSR count). The van der Waals surface area contributed by atoms with Gasteiger partial charge in [0.25, 0.3) is 0 Å². The lowest BCUT2D eigenvalue weighted by Gasteiger charge is -2.39. The maximum Gasteiger partial charge on any atom is 0.207 e. The minimum absolute atomic E-state index is 0.112. The van der Waals surface area contributed by atoms with E-state index in [0.717, 1.165) is 30.2 Å². The first-order chi connectivity index (χ1) is 8.99. The summed E-state index contributed by atoms with van der Waals surface area (Å²) >= 11 is 5.86. The first kappa shape index (κ1) is 12.6. The molecular formula is C12H17ClN6. The van der Waals surface area contributed by atoms with Gasteiger partial charge in [0.15, 0.2) is 11.3 Å². The highest BCUT2D eigenvalue weighted by Crippen LogP contribution is 2.30. The van der Waals surface area contributed by atoms with Gasteiger partial charge in [-0.3, -0.25) is 0 Å². The molecule has 3 heterocycles. The SMILES string of the molecule is CC(C)(C)c1nc(N2CC(CCl)C2)c2n[nH]nc2n1. The lowest BCUT2D eigenvalue weighted by Crippen LogP contribution is -2.48. The Hall–Kier alpha value is -1.43. The van der Waals surface area contributed by atoms with Crippen LogP contribution in [-0.4, -0.2) is 44.3 Å². The lowest BCUT2D eigenvalue weighted by molar-refractivity contribution is 0.446. The number of nitrogens with zero attached hydrogens (tertiary/aromatic N) is 5. The summed E-state index contributed by atoms with van der Waals surface area (Å²) in [6, 6.07) is 0. The molecule has 0 spiro atoms. The molecule has 2 aromatic rings. The van der Waals surface area contributed by atoms with Crippen molar-refractivity contribution in [2.24, 2.45) is 5.92 Å². The van der Waals surface area contributed by atoms with Crippen molar-refractivity contribution in [3.8, 4) is 0 Å². The summed E-state index contributed by atoms with van der Waals surface area (Å²) < 4.78 is 0. The Morgan fingerprint density at radius 3 is 2.63 bits per heavy atom. The zero-order valence-electron chi connectivity index (χ0n) is 11.3. The molecular weight excluding hydrogens is 264 g/mol. The Labute approximate surface area is 116 Å². The monoisotopic (exact) mass is 280 g/mol. The fourth-order valence-electron chi connectivity index (χ4n) is 2.13. The second kappa shape index (κ2) is 4.30. The number of hydrogen-bond acceptors (Lipinski definition) is 5. The summed E-state index contributed by atoms with van der Waals surface area (Å²) in [5, 5.41) is 10.9. The molecule has 2 aromatic heterocycles. The predicted octanol–water partition coefficient (Wildman–Crippen LogP) is 1.72. The highest BCUT2D eigenvalue weighted by atomic mass is 35.5. The summed E-state index contributed by atoms with van der Waals surface area (Å²) in [4.78, 5) is 11.4. The standard InChI is InChI=1S/C12H17ClN6/c1-12(2,3)11-14-9-8(16-18-17-9)10(15-11)19-5-7(4-13)6-19/h7H,4-6H2,1-3H3,(H,14,15,16,17,18). The normalized spacial score (nSPS) is 16.9. The third-order valence-electron chi connectivity index (χ3n) is 3.31. The maximum absolute atomic E-state index is 5.86. The third-order valence-corrected chi connectivity index (χ3v) is 3.75. The Bertz CT molecular complexity index is 596. The van der Waals surface area contributed by atoms with Crippen LogP contribution in [0.2, 0.25) is 0 Å². The third kappa shape index (κ3) is 2.14. The molecule has 6 nitrogen and oxygen atoms in total. The van der Waals surface area contributed by atoms with E-state index in [-0.39, 0.29) is 5.41 Å². The molecule has 1 aliphatic heterocycles. The van der Waals surface area contributed by atoms with Crippen molar-refractivity contribution >= 4 is 28.6 Å². The fourth-order valence-corrected chi connectivity index (χ4v) is 2.32. The van der Waals surface area contributed by atoms with Crippen molar-refractivity contribution in [3.63, 3.8) is 0 Å². The minimum atomic E-state index is -0.112. The number of rotatable bonds is 2. The molecule has 1 aliphatic rings. The van der Waals surface area contributed by atoms with Crippen LogP contribution in [0.4, 0.5) is 5.82 Å². The molecule has 7 heteroatoms. The van der Waals surface area contributed by atoms with Gasteiger partial charge in [-0.15, -0.1) is 16.7 Å². The van der Waals surface area contributed by atoms with E-state index in [4.69, 9.17) is 11.6 Å². The number of aromatic nitrogens is 5. The molecule has 102 valence electrons. The molecule has 0 radical (unpaired) electrons. The van der Waals surface area contributed by atoms with Gasteiger partial charge in [0.1, 0.15) is 5.82 Å². The summed E-state index contributed by atoms with van der Waals surface area (Å²) in [5.74, 6) is 2.88. The summed E-state index contributed by atoms with van der Waals surface area (Å²) in [7, 11) is 0. The minimum Gasteiger partial charge on any atom is -0.354 e. The first-order valence-corrected chi connectivity index (χ1v) is 6.92. The van der Waals surface area contributed by atoms with Gasteiger partial charge in [-0.1, -0.05) is 20.8 Å². The predicted molar refractivity (Wildman–Crippen MR) is 74.6 cm³/mol. The van der Waals surface area contributed by atoms with Crippen molar-refractivity contribution in [3.05, 3.63) is 5.82 Å². The van der Waals surface area contributed by atoms with Gasteiger partial charge in [-0.25, -0.2) is 9.97 Å². The summed E-state index contributed by atoms with van der Waals surface area (Å²) in [5.41, 5.74) is 1.25. The van der Waals surface area contributed by atoms with Crippen LogP contribution >= 0.6 is 11.6 Å². The summed E-state index contributed by atoms with van der Waals surface area (Å²) in [6.45, 7) is 8.12. The number of anilines is 1. The van der Waals surface area contributed by atoms with E-state index in [9.17, 15) is 0 Å². The first-order valence-electron chi connectivity index (χ1n) is 6.39. The molecule has 0 aromatic carbocycles. The quantitative estimate of drug-likeness (QED) is 0.848. The van der Waals surface area contributed by atoms with Gasteiger partial charge in [0, 0.05) is 30.3 Å². The number of H-pyrrole nitrogens is 1. The number of alkyl halides is 1. The molecule has 1 N–H and O–H groups in total. The van der Waals surface area contributed by atoms with Crippen molar-refractivity contribution in [1.29, 1.82) is 0 Å². The van der Waals surface area contributed by atoms with Gasteiger partial charge < -0.3 is 4.90 Å². The van der Waals surface area contributed by atoms with Gasteiger partial charge >= 0.3 is 0 Å². The van der Waals surface area contributed by atoms with Crippen LogP contribution in [0.5, 0.6) is 0 Å². The Morgan fingerprint density at radius 2 is 2.00 bits per heavy atom. The average Bonchev–Trinajstić information content (AvgIpc) is 2.74. The molecule has 19 heavy (non-hydrogen) atoms. The van der Waals surface area contributed by atoms with Crippen LogP contribution in [0.15, 0.2) is 0 Å². The van der Waals surface area contributed by atoms with Crippen molar-refractivity contribution in [1.82, 2.24) is 25.4 Å². The van der Waals surface area contributed by atoms with Crippen molar-refractivity contribution in [2.75, 3.05) is 23.9 Å². The molecule has 0 unspecified atom stereocenters. The largest absolute Gasteiger partial charge is 0.354 e. The topological polar surface area (TPSA) is 70.6 Å². The highest BCUT2D eigenvalue weighted by Gasteiger charge is 2.31. The molecule has 1 fully saturated rings. The van der Waals surface area contributed by atoms with Gasteiger partial charge in [0.2, 0.25) is 5.65 Å². The molecule has 0 saturated carbocycles. The van der Waals surface area contributed by atoms with E-state index in [1.807, 2.05) is 0 Å². The van der Waals surface area contributed by atoms with E-state index in [2.05, 4.69) is 51.0 Å². The highest BCUT2D eigenvalue weighted by molar-refractivity contribution is 6.18. The lowest BCUT2D eigenvalue weighted by atomic mass is 9.95. The zero-order chi connectivity index (χ0) is 13.6. The number of halogens is 1. The average molecular weight is 281 g/mol. The molecule has 0 atom stereocenters. The van der Waals surface area contributed by atoms with Gasteiger partial charge in [0.05, 0.1) is 0 Å². The fraction of sp³-hybridized carbons (Fsp3) is 0.667. The number of aromatic amines is 1. The maximum atomic E-state index is 5.86. The van der Waals surface area contributed by atoms with E-state index < -0.39 is 0 Å². The van der Waals surface area contributed by atoms with Gasteiger partial charge in [-0.05, 0) is 0 Å². The number of fused-ring (bicyclic) bond motifs is 1. The molecule has 0 amide bonds. The molecule has 0 bridgehead atoms. The van der Waals surface area contributed by atoms with Crippen LogP contribution in [0, 0.1) is 5.92 Å². The molecule has 1 saturated heterocycles. The van der Waals surface area contributed by atoms with Crippen LogP contribution in [-0.2, 0) is 5.41 Å². The number of hydrogen-bond donors (Lipinski definition) is 1. The zero-order valence-corrected chi connectivity index (χ0v) is 12.1. The van der Waals surface area contributed by atoms with Crippen molar-refractivity contribution in [2.45, 2.75) is 26.2 Å². The van der Waals surface area contributed by atoms with E-state index in [1.54, 1.807) is 0 Å². The van der Waals surface area contributed by atoms with E-state index in [0.29, 0.717) is 17.4 Å². The smallest absolute Gasteiger partial charge is 0.207 e. The Balaban J connectivity index is 2.04. The second-order valence-electron chi connectivity index (χ2n) is 6.04. The van der Waals surface area contributed by atoms with Crippen molar-refractivity contribution < 1.29 is 0 Å². The second-order valence-corrected chi connectivity index (χ2v) is 6.35. The Kier molecular flexibility index (Phi) is 2.85. The number of nitrogens with one attached hydrogen (secondary N) is 1. The van der Waals surface area contributed by atoms with Crippen LogP contribution in [0.1, 0.15) is 26.6 Å².